The monoisotopic (exact) mass is 366 g/mol. The van der Waals surface area contributed by atoms with Crippen LogP contribution >= 0.6 is 34.2 Å². The molecule has 1 aliphatic rings. The van der Waals surface area contributed by atoms with E-state index in [-0.39, 0.29) is 5.41 Å². The summed E-state index contributed by atoms with van der Waals surface area (Å²) in [5, 5.41) is 0.562. The maximum absolute atomic E-state index is 6.20. The van der Waals surface area contributed by atoms with Gasteiger partial charge in [-0.05, 0) is 29.0 Å². The summed E-state index contributed by atoms with van der Waals surface area (Å²) in [5.74, 6) is 1.13. The lowest BCUT2D eigenvalue weighted by Crippen LogP contribution is -2.19. The van der Waals surface area contributed by atoms with Gasteiger partial charge in [0.25, 0.3) is 0 Å². The molecule has 1 saturated heterocycles. The van der Waals surface area contributed by atoms with Crippen molar-refractivity contribution in [3.8, 4) is 0 Å². The number of ether oxygens (including phenoxy) is 1. The minimum Gasteiger partial charge on any atom is -0.381 e. The number of rotatable bonds is 1. The number of halogens is 2. The van der Waals surface area contributed by atoms with E-state index in [0.29, 0.717) is 17.7 Å². The Hall–Kier alpha value is 0.0600. The van der Waals surface area contributed by atoms with Crippen LogP contribution in [0.25, 0.3) is 0 Å². The zero-order chi connectivity index (χ0) is 12.6. The molecule has 0 N–H and O–H groups in total. The summed E-state index contributed by atoms with van der Waals surface area (Å²) in [6.07, 6.45) is 0.987. The topological polar surface area (TPSA) is 35.0 Å². The van der Waals surface area contributed by atoms with Gasteiger partial charge in [-0.2, -0.15) is 0 Å². The zero-order valence-corrected chi connectivity index (χ0v) is 13.2. The zero-order valence-electron chi connectivity index (χ0n) is 10.3. The van der Waals surface area contributed by atoms with Crippen molar-refractivity contribution in [3.05, 3.63) is 20.2 Å². The second kappa shape index (κ2) is 4.97. The van der Waals surface area contributed by atoms with Crippen molar-refractivity contribution in [3.63, 3.8) is 0 Å². The lowest BCUT2D eigenvalue weighted by Gasteiger charge is -2.21. The molecule has 5 heteroatoms. The van der Waals surface area contributed by atoms with E-state index in [1.165, 1.54) is 0 Å². The third kappa shape index (κ3) is 2.90. The van der Waals surface area contributed by atoms with Crippen molar-refractivity contribution in [1.29, 1.82) is 0 Å². The van der Waals surface area contributed by atoms with Crippen LogP contribution < -0.4 is 0 Å². The molecule has 0 aromatic carbocycles. The van der Waals surface area contributed by atoms with Crippen molar-refractivity contribution < 1.29 is 4.74 Å². The van der Waals surface area contributed by atoms with E-state index in [4.69, 9.17) is 21.3 Å². The van der Waals surface area contributed by atoms with E-state index < -0.39 is 0 Å². The highest BCUT2D eigenvalue weighted by Crippen LogP contribution is 2.32. The van der Waals surface area contributed by atoms with Gasteiger partial charge in [-0.3, -0.25) is 0 Å². The van der Waals surface area contributed by atoms with Gasteiger partial charge in [0.15, 0.2) is 0 Å². The van der Waals surface area contributed by atoms with Crippen molar-refractivity contribution in [2.45, 2.75) is 38.5 Å². The standard InChI is InChI=1S/C12H16ClIN2O/c1-12(2,3)9-8(14)10(13)16-11(15-9)7-4-5-17-6-7/h7H,4-6H2,1-3H3. The fraction of sp³-hybridized carbons (Fsp3) is 0.667. The molecule has 1 atom stereocenters. The lowest BCUT2D eigenvalue weighted by atomic mass is 9.92. The van der Waals surface area contributed by atoms with Gasteiger partial charge in [-0.1, -0.05) is 32.4 Å². The van der Waals surface area contributed by atoms with Crippen LogP contribution in [0.1, 0.15) is 44.6 Å². The molecular formula is C12H16ClIN2O. The van der Waals surface area contributed by atoms with Crippen LogP contribution in [0.15, 0.2) is 0 Å². The molecule has 0 aliphatic carbocycles. The first-order chi connectivity index (χ1) is 7.89. The van der Waals surface area contributed by atoms with Crippen LogP contribution in [-0.2, 0) is 10.2 Å². The fourth-order valence-electron chi connectivity index (χ4n) is 1.85. The minimum atomic E-state index is -0.0166. The number of nitrogens with zero attached hydrogens (tertiary/aromatic N) is 2. The van der Waals surface area contributed by atoms with Gasteiger partial charge in [-0.15, -0.1) is 0 Å². The molecule has 1 aromatic heterocycles. The predicted molar refractivity (Wildman–Crippen MR) is 76.6 cm³/mol. The maximum Gasteiger partial charge on any atom is 0.146 e. The van der Waals surface area contributed by atoms with Crippen LogP contribution in [-0.4, -0.2) is 23.2 Å². The Morgan fingerprint density at radius 2 is 2.06 bits per heavy atom. The second-order valence-electron chi connectivity index (χ2n) is 5.35. The second-order valence-corrected chi connectivity index (χ2v) is 6.78. The third-order valence-corrected chi connectivity index (χ3v) is 4.45. The van der Waals surface area contributed by atoms with Crippen LogP contribution in [0, 0.1) is 3.57 Å². The normalized spacial score (nSPS) is 20.9. The first-order valence-corrected chi connectivity index (χ1v) is 7.16. The molecule has 1 fully saturated rings. The van der Waals surface area contributed by atoms with Crippen LogP contribution in [0.2, 0.25) is 5.15 Å². The molecule has 0 bridgehead atoms. The first kappa shape index (κ1) is 13.5. The van der Waals surface area contributed by atoms with Gasteiger partial charge in [0.05, 0.1) is 15.9 Å². The van der Waals surface area contributed by atoms with Crippen molar-refractivity contribution >= 4 is 34.2 Å². The van der Waals surface area contributed by atoms with Crippen molar-refractivity contribution in [2.24, 2.45) is 0 Å². The maximum atomic E-state index is 6.20. The molecular weight excluding hydrogens is 351 g/mol. The molecule has 1 aromatic rings. The highest BCUT2D eigenvalue weighted by atomic mass is 127. The smallest absolute Gasteiger partial charge is 0.146 e. The third-order valence-electron chi connectivity index (χ3n) is 2.83. The van der Waals surface area contributed by atoms with Crippen LogP contribution in [0.3, 0.4) is 0 Å². The lowest BCUT2D eigenvalue weighted by molar-refractivity contribution is 0.193. The predicted octanol–water partition coefficient (Wildman–Crippen LogP) is 3.54. The van der Waals surface area contributed by atoms with E-state index in [0.717, 1.165) is 28.1 Å². The number of hydrogen-bond donors (Lipinski definition) is 0. The quantitative estimate of drug-likeness (QED) is 0.563. The van der Waals surface area contributed by atoms with Crippen LogP contribution in [0.4, 0.5) is 0 Å². The summed E-state index contributed by atoms with van der Waals surface area (Å²) in [6.45, 7) is 7.93. The first-order valence-electron chi connectivity index (χ1n) is 5.70. The van der Waals surface area contributed by atoms with E-state index >= 15 is 0 Å². The molecule has 0 spiro atoms. The van der Waals surface area contributed by atoms with Gasteiger partial charge >= 0.3 is 0 Å². The molecule has 2 heterocycles. The Morgan fingerprint density at radius 1 is 1.35 bits per heavy atom. The fourth-order valence-corrected chi connectivity index (χ4v) is 3.08. The van der Waals surface area contributed by atoms with E-state index in [2.05, 4.69) is 48.3 Å². The van der Waals surface area contributed by atoms with E-state index in [1.807, 2.05) is 0 Å². The summed E-state index contributed by atoms with van der Waals surface area (Å²) >= 11 is 8.43. The van der Waals surface area contributed by atoms with Gasteiger partial charge < -0.3 is 4.74 Å². The summed E-state index contributed by atoms with van der Waals surface area (Å²) in [6, 6.07) is 0. The molecule has 1 unspecified atom stereocenters. The largest absolute Gasteiger partial charge is 0.381 e. The number of hydrogen-bond acceptors (Lipinski definition) is 3. The van der Waals surface area contributed by atoms with Crippen molar-refractivity contribution in [1.82, 2.24) is 9.97 Å². The Morgan fingerprint density at radius 3 is 2.59 bits per heavy atom. The van der Waals surface area contributed by atoms with E-state index in [1.54, 1.807) is 0 Å². The number of aromatic nitrogens is 2. The highest BCUT2D eigenvalue weighted by Gasteiger charge is 2.27. The Labute approximate surface area is 120 Å². The molecule has 2 rings (SSSR count). The molecule has 0 amide bonds. The molecule has 17 heavy (non-hydrogen) atoms. The minimum absolute atomic E-state index is 0.0166. The summed E-state index contributed by atoms with van der Waals surface area (Å²) in [5.41, 5.74) is 1.01. The molecule has 0 saturated carbocycles. The summed E-state index contributed by atoms with van der Waals surface area (Å²) in [4.78, 5) is 9.10. The van der Waals surface area contributed by atoms with Crippen LogP contribution in [0.5, 0.6) is 0 Å². The molecule has 0 radical (unpaired) electrons. The average Bonchev–Trinajstić information content (AvgIpc) is 2.73. The highest BCUT2D eigenvalue weighted by molar-refractivity contribution is 14.1. The average molecular weight is 367 g/mol. The summed E-state index contributed by atoms with van der Waals surface area (Å²) < 4.78 is 6.34. The SMILES string of the molecule is CC(C)(C)c1nc(C2CCOC2)nc(Cl)c1I. The Balaban J connectivity index is 2.45. The van der Waals surface area contributed by atoms with E-state index in [9.17, 15) is 0 Å². The molecule has 94 valence electrons. The molecule has 3 nitrogen and oxygen atoms in total. The van der Waals surface area contributed by atoms with Gasteiger partial charge in [0, 0.05) is 17.9 Å². The Bertz CT molecular complexity index is 425. The molecule has 1 aliphatic heterocycles. The van der Waals surface area contributed by atoms with Gasteiger partial charge in [0.1, 0.15) is 11.0 Å². The summed E-state index contributed by atoms with van der Waals surface area (Å²) in [7, 11) is 0. The van der Waals surface area contributed by atoms with Crippen molar-refractivity contribution in [2.75, 3.05) is 13.2 Å². The van der Waals surface area contributed by atoms with Gasteiger partial charge in [-0.25, -0.2) is 9.97 Å². The Kier molecular flexibility index (Phi) is 3.95. The van der Waals surface area contributed by atoms with Gasteiger partial charge in [0.2, 0.25) is 0 Å².